The summed E-state index contributed by atoms with van der Waals surface area (Å²) in [6, 6.07) is 0. The lowest BCUT2D eigenvalue weighted by Gasteiger charge is -2.28. The Balaban J connectivity index is 2.36. The van der Waals surface area contributed by atoms with E-state index in [4.69, 9.17) is 4.74 Å². The van der Waals surface area contributed by atoms with Gasteiger partial charge >= 0.3 is 0 Å². The van der Waals surface area contributed by atoms with E-state index < -0.39 is 0 Å². The van der Waals surface area contributed by atoms with Crippen LogP contribution in [0, 0.1) is 5.92 Å². The molecule has 11 heavy (non-hydrogen) atoms. The molecule has 0 bridgehead atoms. The van der Waals surface area contributed by atoms with E-state index in [1.165, 1.54) is 5.57 Å². The van der Waals surface area contributed by atoms with Gasteiger partial charge in [0.05, 0.1) is 6.26 Å². The maximum atomic E-state index is 5.48. The molecule has 0 amide bonds. The van der Waals surface area contributed by atoms with Crippen molar-refractivity contribution in [2.24, 2.45) is 5.92 Å². The van der Waals surface area contributed by atoms with Crippen LogP contribution in [0.25, 0.3) is 0 Å². The summed E-state index contributed by atoms with van der Waals surface area (Å²) < 4.78 is 5.48. The first-order valence-electron chi connectivity index (χ1n) is 3.93. The van der Waals surface area contributed by atoms with Gasteiger partial charge in [-0.1, -0.05) is 17.7 Å². The third-order valence-electron chi connectivity index (χ3n) is 2.39. The largest absolute Gasteiger partial charge is 0.490 e. The molecule has 0 spiro atoms. The Morgan fingerprint density at radius 1 is 1.55 bits per heavy atom. The van der Waals surface area contributed by atoms with Crippen LogP contribution in [-0.2, 0) is 4.74 Å². The van der Waals surface area contributed by atoms with Gasteiger partial charge in [0.1, 0.15) is 5.60 Å². The molecule has 1 heterocycles. The Bertz CT molecular complexity index is 260. The van der Waals surface area contributed by atoms with Crippen molar-refractivity contribution in [3.63, 3.8) is 0 Å². The Kier molecular flexibility index (Phi) is 1.22. The molecule has 0 fully saturated rings. The summed E-state index contributed by atoms with van der Waals surface area (Å²) in [6.07, 6.45) is 10.4. The van der Waals surface area contributed by atoms with Gasteiger partial charge in [-0.15, -0.1) is 0 Å². The summed E-state index contributed by atoms with van der Waals surface area (Å²) in [5.74, 6) is 0.437. The molecule has 1 heteroatoms. The first-order valence-corrected chi connectivity index (χ1v) is 3.93. The fourth-order valence-electron chi connectivity index (χ4n) is 1.55. The van der Waals surface area contributed by atoms with E-state index >= 15 is 0 Å². The molecule has 1 aliphatic carbocycles. The SMILES string of the molecule is CC1=CC2C=COC2(C)C=C1. The molecule has 0 saturated heterocycles. The normalized spacial score (nSPS) is 39.8. The molecule has 2 aliphatic rings. The molecule has 0 aromatic heterocycles. The molecule has 1 nitrogen and oxygen atoms in total. The highest BCUT2D eigenvalue weighted by Gasteiger charge is 2.35. The van der Waals surface area contributed by atoms with Crippen LogP contribution in [0.1, 0.15) is 13.8 Å². The number of allylic oxidation sites excluding steroid dienone is 2. The van der Waals surface area contributed by atoms with Crippen LogP contribution in [0.5, 0.6) is 0 Å². The highest BCUT2D eigenvalue weighted by atomic mass is 16.5. The minimum Gasteiger partial charge on any atom is -0.490 e. The minimum atomic E-state index is -0.0977. The maximum absolute atomic E-state index is 5.48. The molecule has 0 N–H and O–H groups in total. The molecule has 2 atom stereocenters. The first kappa shape index (κ1) is 6.71. The molecule has 58 valence electrons. The molecule has 2 rings (SSSR count). The summed E-state index contributed by atoms with van der Waals surface area (Å²) in [5.41, 5.74) is 1.22. The van der Waals surface area contributed by atoms with Crippen LogP contribution in [0.3, 0.4) is 0 Å². The first-order chi connectivity index (χ1) is 5.21. The van der Waals surface area contributed by atoms with Crippen LogP contribution in [-0.4, -0.2) is 5.60 Å². The Morgan fingerprint density at radius 2 is 2.36 bits per heavy atom. The van der Waals surface area contributed by atoms with Gasteiger partial charge < -0.3 is 4.74 Å². The van der Waals surface area contributed by atoms with Gasteiger partial charge in [0, 0.05) is 5.92 Å². The van der Waals surface area contributed by atoms with Crippen molar-refractivity contribution in [1.82, 2.24) is 0 Å². The van der Waals surface area contributed by atoms with Gasteiger partial charge in [-0.25, -0.2) is 0 Å². The van der Waals surface area contributed by atoms with Gasteiger partial charge in [-0.05, 0) is 26.0 Å². The van der Waals surface area contributed by atoms with Gasteiger partial charge in [0.25, 0.3) is 0 Å². The third-order valence-corrected chi connectivity index (χ3v) is 2.39. The van der Waals surface area contributed by atoms with Gasteiger partial charge in [0.2, 0.25) is 0 Å². The summed E-state index contributed by atoms with van der Waals surface area (Å²) in [6.45, 7) is 4.22. The zero-order chi connectivity index (χ0) is 7.90. The topological polar surface area (TPSA) is 9.23 Å². The average Bonchev–Trinajstić information content (AvgIpc) is 2.31. The van der Waals surface area contributed by atoms with Crippen molar-refractivity contribution >= 4 is 0 Å². The zero-order valence-corrected chi connectivity index (χ0v) is 6.87. The van der Waals surface area contributed by atoms with E-state index in [9.17, 15) is 0 Å². The second-order valence-corrected chi connectivity index (χ2v) is 3.40. The quantitative estimate of drug-likeness (QED) is 0.512. The summed E-state index contributed by atoms with van der Waals surface area (Å²) >= 11 is 0. The molecular formula is C10H12O. The zero-order valence-electron chi connectivity index (χ0n) is 6.87. The van der Waals surface area contributed by atoms with Crippen LogP contribution < -0.4 is 0 Å². The molecule has 1 aliphatic heterocycles. The average molecular weight is 148 g/mol. The standard InChI is InChI=1S/C10H12O/c1-8-3-5-10(2)9(7-8)4-6-11-10/h3-7,9H,1-2H3. The van der Waals surface area contributed by atoms with Crippen molar-refractivity contribution in [3.8, 4) is 0 Å². The van der Waals surface area contributed by atoms with Crippen molar-refractivity contribution in [2.45, 2.75) is 19.4 Å². The highest BCUT2D eigenvalue weighted by Crippen LogP contribution is 2.35. The monoisotopic (exact) mass is 148 g/mol. The number of fused-ring (bicyclic) bond motifs is 1. The van der Waals surface area contributed by atoms with Crippen molar-refractivity contribution < 1.29 is 4.74 Å². The lowest BCUT2D eigenvalue weighted by molar-refractivity contribution is 0.0872. The molecule has 0 radical (unpaired) electrons. The second kappa shape index (κ2) is 2.00. The van der Waals surface area contributed by atoms with E-state index in [0.717, 1.165) is 0 Å². The fraction of sp³-hybridized carbons (Fsp3) is 0.400. The van der Waals surface area contributed by atoms with Gasteiger partial charge in [-0.3, -0.25) is 0 Å². The molecule has 2 unspecified atom stereocenters. The third kappa shape index (κ3) is 0.917. The molecule has 0 aromatic carbocycles. The maximum Gasteiger partial charge on any atom is 0.133 e. The van der Waals surface area contributed by atoms with Crippen LogP contribution in [0.4, 0.5) is 0 Å². The fourth-order valence-corrected chi connectivity index (χ4v) is 1.55. The number of hydrogen-bond acceptors (Lipinski definition) is 1. The second-order valence-electron chi connectivity index (χ2n) is 3.40. The van der Waals surface area contributed by atoms with Gasteiger partial charge in [-0.2, -0.15) is 0 Å². The Labute approximate surface area is 67.1 Å². The summed E-state index contributed by atoms with van der Waals surface area (Å²) in [4.78, 5) is 0. The molecular weight excluding hydrogens is 136 g/mol. The lowest BCUT2D eigenvalue weighted by atomic mass is 9.84. The van der Waals surface area contributed by atoms with E-state index in [0.29, 0.717) is 5.92 Å². The Morgan fingerprint density at radius 3 is 3.18 bits per heavy atom. The smallest absolute Gasteiger partial charge is 0.133 e. The van der Waals surface area contributed by atoms with Crippen molar-refractivity contribution in [2.75, 3.05) is 0 Å². The van der Waals surface area contributed by atoms with Crippen molar-refractivity contribution in [1.29, 1.82) is 0 Å². The number of ether oxygens (including phenoxy) is 1. The minimum absolute atomic E-state index is 0.0977. The highest BCUT2D eigenvalue weighted by molar-refractivity contribution is 5.32. The van der Waals surface area contributed by atoms with E-state index in [1.54, 1.807) is 6.26 Å². The number of hydrogen-bond donors (Lipinski definition) is 0. The van der Waals surface area contributed by atoms with Crippen LogP contribution >= 0.6 is 0 Å². The predicted octanol–water partition coefficient (Wildman–Crippen LogP) is 2.42. The lowest BCUT2D eigenvalue weighted by Crippen LogP contribution is -2.29. The van der Waals surface area contributed by atoms with E-state index in [-0.39, 0.29) is 5.60 Å². The van der Waals surface area contributed by atoms with Crippen LogP contribution in [0.2, 0.25) is 0 Å². The summed E-state index contributed by atoms with van der Waals surface area (Å²) in [7, 11) is 0. The van der Waals surface area contributed by atoms with E-state index in [2.05, 4.69) is 38.2 Å². The molecule has 0 saturated carbocycles. The predicted molar refractivity (Wildman–Crippen MR) is 45.0 cm³/mol. The number of rotatable bonds is 0. The van der Waals surface area contributed by atoms with Crippen LogP contribution in [0.15, 0.2) is 36.1 Å². The summed E-state index contributed by atoms with van der Waals surface area (Å²) in [5, 5.41) is 0. The Hall–Kier alpha value is -0.980. The van der Waals surface area contributed by atoms with Crippen molar-refractivity contribution in [3.05, 3.63) is 36.1 Å². The molecule has 0 aromatic rings. The van der Waals surface area contributed by atoms with Gasteiger partial charge in [0.15, 0.2) is 0 Å². The van der Waals surface area contributed by atoms with E-state index in [1.807, 2.05) is 0 Å².